The summed E-state index contributed by atoms with van der Waals surface area (Å²) in [6, 6.07) is 26.1. The molecule has 0 radical (unpaired) electrons. The van der Waals surface area contributed by atoms with E-state index in [9.17, 15) is 15.0 Å². The summed E-state index contributed by atoms with van der Waals surface area (Å²) in [6.45, 7) is 2.65. The summed E-state index contributed by atoms with van der Waals surface area (Å²) in [4.78, 5) is 11.4. The van der Waals surface area contributed by atoms with Gasteiger partial charge >= 0.3 is 0 Å². The Hall–Kier alpha value is -3.03. The number of primary amides is 1. The van der Waals surface area contributed by atoms with Crippen LogP contribution in [0.2, 0.25) is 0 Å². The van der Waals surface area contributed by atoms with Crippen LogP contribution in [0.4, 0.5) is 0 Å². The van der Waals surface area contributed by atoms with Gasteiger partial charge in [0.15, 0.2) is 0 Å². The van der Waals surface area contributed by atoms with Crippen molar-refractivity contribution in [2.45, 2.75) is 31.2 Å². The molecule has 6 N–H and O–H groups in total. The Balaban J connectivity index is 1.71. The molecule has 6 heteroatoms. The Morgan fingerprint density at radius 2 is 1.25 bits per heavy atom. The molecule has 2 unspecified atom stereocenters. The number of carbonyl (C=O) groups excluding carboxylic acids is 1. The van der Waals surface area contributed by atoms with Crippen molar-refractivity contribution in [2.24, 2.45) is 5.73 Å². The molecule has 0 aliphatic heterocycles. The second-order valence-electron chi connectivity index (χ2n) is 8.18. The summed E-state index contributed by atoms with van der Waals surface area (Å²) in [5.74, 6) is -0.465. The van der Waals surface area contributed by atoms with Crippen LogP contribution in [0.3, 0.4) is 0 Å². The van der Waals surface area contributed by atoms with Crippen LogP contribution in [0.15, 0.2) is 84.9 Å². The SMILES string of the molecule is CC(Cc1ccc(C(N)=O)cc1)(NCC(O)c1ccccc1)NCC(O)c1ccccc1. The van der Waals surface area contributed by atoms with E-state index in [-0.39, 0.29) is 0 Å². The number of aliphatic hydroxyl groups is 2. The van der Waals surface area contributed by atoms with E-state index in [1.807, 2.05) is 79.7 Å². The van der Waals surface area contributed by atoms with Crippen molar-refractivity contribution < 1.29 is 15.0 Å². The predicted molar refractivity (Wildman–Crippen MR) is 126 cm³/mol. The van der Waals surface area contributed by atoms with Crippen LogP contribution in [0.1, 0.15) is 46.2 Å². The van der Waals surface area contributed by atoms with E-state index < -0.39 is 23.8 Å². The van der Waals surface area contributed by atoms with Gasteiger partial charge in [0.1, 0.15) is 0 Å². The minimum absolute atomic E-state index is 0.328. The Kier molecular flexibility index (Phi) is 8.14. The summed E-state index contributed by atoms with van der Waals surface area (Å²) >= 11 is 0. The van der Waals surface area contributed by atoms with Gasteiger partial charge in [-0.15, -0.1) is 0 Å². The van der Waals surface area contributed by atoms with Crippen LogP contribution in [-0.2, 0) is 6.42 Å². The first-order valence-corrected chi connectivity index (χ1v) is 10.7. The third-order valence-corrected chi connectivity index (χ3v) is 5.54. The molecular formula is C26H31N3O3. The molecule has 0 fully saturated rings. The fraction of sp³-hybridized carbons (Fsp3) is 0.269. The molecule has 168 valence electrons. The Morgan fingerprint density at radius 1 is 0.812 bits per heavy atom. The van der Waals surface area contributed by atoms with Crippen LogP contribution < -0.4 is 16.4 Å². The lowest BCUT2D eigenvalue weighted by atomic mass is 9.98. The predicted octanol–water partition coefficient (Wildman–Crippen LogP) is 2.69. The molecule has 3 aromatic rings. The lowest BCUT2D eigenvalue weighted by Gasteiger charge is -2.34. The normalized spacial score (nSPS) is 15.0. The molecule has 1 amide bonds. The summed E-state index contributed by atoms with van der Waals surface area (Å²) in [5.41, 5.74) is 7.82. The molecule has 3 aromatic carbocycles. The first kappa shape index (κ1) is 23.6. The van der Waals surface area contributed by atoms with E-state index in [1.165, 1.54) is 0 Å². The van der Waals surface area contributed by atoms with Crippen molar-refractivity contribution in [3.8, 4) is 0 Å². The van der Waals surface area contributed by atoms with E-state index in [0.717, 1.165) is 16.7 Å². The molecule has 2 atom stereocenters. The van der Waals surface area contributed by atoms with Gasteiger partial charge in [-0.3, -0.25) is 15.4 Å². The van der Waals surface area contributed by atoms with Crippen LogP contribution in [0.25, 0.3) is 0 Å². The number of nitrogens with two attached hydrogens (primary N) is 1. The maximum atomic E-state index is 11.4. The third kappa shape index (κ3) is 6.73. The second-order valence-corrected chi connectivity index (χ2v) is 8.18. The van der Waals surface area contributed by atoms with Crippen molar-refractivity contribution >= 4 is 5.91 Å². The van der Waals surface area contributed by atoms with Gasteiger partial charge in [0.2, 0.25) is 5.91 Å². The lowest BCUT2D eigenvalue weighted by Crippen LogP contribution is -2.58. The van der Waals surface area contributed by atoms with Crippen molar-refractivity contribution in [3.63, 3.8) is 0 Å². The van der Waals surface area contributed by atoms with Gasteiger partial charge in [0.05, 0.1) is 17.9 Å². The van der Waals surface area contributed by atoms with E-state index in [0.29, 0.717) is 25.1 Å². The fourth-order valence-electron chi connectivity index (χ4n) is 3.61. The van der Waals surface area contributed by atoms with Gasteiger partial charge in [-0.25, -0.2) is 0 Å². The Labute approximate surface area is 189 Å². The number of nitrogens with one attached hydrogen (secondary N) is 2. The molecule has 0 bridgehead atoms. The summed E-state index contributed by atoms with van der Waals surface area (Å²) in [5, 5.41) is 28.1. The molecule has 0 aliphatic rings. The number of hydrogen-bond acceptors (Lipinski definition) is 5. The van der Waals surface area contributed by atoms with Gasteiger partial charge in [-0.05, 0) is 35.7 Å². The van der Waals surface area contributed by atoms with Gasteiger partial charge in [0.25, 0.3) is 0 Å². The molecule has 32 heavy (non-hydrogen) atoms. The molecule has 0 saturated carbocycles. The van der Waals surface area contributed by atoms with Crippen molar-refractivity contribution in [1.29, 1.82) is 0 Å². The van der Waals surface area contributed by atoms with Gasteiger partial charge in [-0.2, -0.15) is 0 Å². The van der Waals surface area contributed by atoms with Crippen LogP contribution in [0.5, 0.6) is 0 Å². The zero-order valence-corrected chi connectivity index (χ0v) is 18.2. The Morgan fingerprint density at radius 3 is 1.66 bits per heavy atom. The first-order valence-electron chi connectivity index (χ1n) is 10.7. The minimum Gasteiger partial charge on any atom is -0.387 e. The van der Waals surface area contributed by atoms with Crippen LogP contribution in [-0.4, -0.2) is 34.9 Å². The van der Waals surface area contributed by atoms with E-state index >= 15 is 0 Å². The van der Waals surface area contributed by atoms with E-state index in [2.05, 4.69) is 10.6 Å². The average molecular weight is 434 g/mol. The molecule has 6 nitrogen and oxygen atoms in total. The molecule has 0 heterocycles. The number of amides is 1. The zero-order valence-electron chi connectivity index (χ0n) is 18.2. The monoisotopic (exact) mass is 433 g/mol. The number of rotatable bonds is 11. The number of aliphatic hydroxyl groups excluding tert-OH is 2. The number of benzene rings is 3. The molecule has 0 spiro atoms. The second kappa shape index (κ2) is 11.0. The molecule has 0 saturated heterocycles. The number of carbonyl (C=O) groups is 1. The van der Waals surface area contributed by atoms with Crippen molar-refractivity contribution in [1.82, 2.24) is 10.6 Å². The largest absolute Gasteiger partial charge is 0.387 e. The smallest absolute Gasteiger partial charge is 0.248 e. The highest BCUT2D eigenvalue weighted by atomic mass is 16.3. The van der Waals surface area contributed by atoms with E-state index in [4.69, 9.17) is 5.73 Å². The van der Waals surface area contributed by atoms with Crippen molar-refractivity contribution in [3.05, 3.63) is 107 Å². The maximum absolute atomic E-state index is 11.4. The minimum atomic E-state index is -0.673. The average Bonchev–Trinajstić information content (AvgIpc) is 2.82. The summed E-state index contributed by atoms with van der Waals surface area (Å²) in [6.07, 6.45) is -0.781. The van der Waals surface area contributed by atoms with Crippen molar-refractivity contribution in [2.75, 3.05) is 13.1 Å². The highest BCUT2D eigenvalue weighted by Gasteiger charge is 2.26. The molecular weight excluding hydrogens is 402 g/mol. The third-order valence-electron chi connectivity index (χ3n) is 5.54. The fourth-order valence-corrected chi connectivity index (χ4v) is 3.61. The quantitative estimate of drug-likeness (QED) is 0.299. The van der Waals surface area contributed by atoms with Gasteiger partial charge < -0.3 is 15.9 Å². The van der Waals surface area contributed by atoms with E-state index in [1.54, 1.807) is 12.1 Å². The molecule has 3 rings (SSSR count). The summed E-state index contributed by atoms with van der Waals surface area (Å²) < 4.78 is 0. The topological polar surface area (TPSA) is 108 Å². The van der Waals surface area contributed by atoms with Crippen LogP contribution >= 0.6 is 0 Å². The first-order chi connectivity index (χ1) is 15.4. The van der Waals surface area contributed by atoms with Gasteiger partial charge in [0, 0.05) is 25.1 Å². The maximum Gasteiger partial charge on any atom is 0.248 e. The Bertz CT molecular complexity index is 929. The standard InChI is InChI=1S/C26H31N3O3/c1-26(16-19-12-14-22(15-13-19)25(27)32,28-17-23(30)20-8-4-2-5-9-20)29-18-24(31)21-10-6-3-7-11-21/h2-15,23-24,28-31H,16-18H2,1H3,(H2,27,32). The summed E-state index contributed by atoms with van der Waals surface area (Å²) in [7, 11) is 0. The highest BCUT2D eigenvalue weighted by Crippen LogP contribution is 2.18. The van der Waals surface area contributed by atoms with Crippen LogP contribution in [0, 0.1) is 0 Å². The molecule has 0 aliphatic carbocycles. The highest BCUT2D eigenvalue weighted by molar-refractivity contribution is 5.92. The number of hydrogen-bond donors (Lipinski definition) is 5. The molecule has 0 aromatic heterocycles. The van der Waals surface area contributed by atoms with Gasteiger partial charge in [-0.1, -0.05) is 72.8 Å². The zero-order chi connectivity index (χ0) is 23.0. The lowest BCUT2D eigenvalue weighted by molar-refractivity contribution is 0.1000.